The quantitative estimate of drug-likeness (QED) is 0.564. The van der Waals surface area contributed by atoms with Gasteiger partial charge in [-0.1, -0.05) is 18.2 Å². The van der Waals surface area contributed by atoms with Gasteiger partial charge in [0.05, 0.1) is 5.69 Å². The molecule has 154 valence electrons. The van der Waals surface area contributed by atoms with Gasteiger partial charge in [-0.2, -0.15) is 5.10 Å². The molecule has 0 aliphatic heterocycles. The number of hydrogen-bond donors (Lipinski definition) is 1. The molecule has 0 aliphatic carbocycles. The van der Waals surface area contributed by atoms with Gasteiger partial charge in [-0.3, -0.25) is 4.79 Å². The van der Waals surface area contributed by atoms with Crippen LogP contribution >= 0.6 is 0 Å². The normalized spacial score (nSPS) is 11.0. The molecule has 1 N–H and O–H groups in total. The second-order valence-corrected chi connectivity index (χ2v) is 7.44. The number of carbonyl (C=O) groups is 1. The molecule has 0 saturated heterocycles. The number of fused-ring (bicyclic) bond motifs is 1. The lowest BCUT2D eigenvalue weighted by atomic mass is 10.1. The highest BCUT2D eigenvalue weighted by Crippen LogP contribution is 2.17. The molecule has 29 heavy (non-hydrogen) atoms. The Bertz CT molecular complexity index is 964. The summed E-state index contributed by atoms with van der Waals surface area (Å²) in [6.07, 6.45) is 2.06. The van der Waals surface area contributed by atoms with E-state index >= 15 is 0 Å². The number of carbonyl (C=O) groups excluding carboxylic acids is 1. The van der Waals surface area contributed by atoms with Crippen molar-refractivity contribution in [1.29, 1.82) is 0 Å². The largest absolute Gasteiger partial charge is 0.372 e. The lowest BCUT2D eigenvalue weighted by molar-refractivity contribution is -0.121. The standard InChI is InChI=1S/C23H31N5O/c1-5-27(20-10-7-6-8-11-20)15-9-14-24-23(29)13-12-21-18(3)25-22-16-17(2)26-28(22)19(21)4/h6-8,10-11,16H,5,9,12-15H2,1-4H3,(H,24,29). The molecule has 3 aromatic rings. The van der Waals surface area contributed by atoms with E-state index in [1.54, 1.807) is 0 Å². The highest BCUT2D eigenvalue weighted by molar-refractivity contribution is 5.76. The smallest absolute Gasteiger partial charge is 0.220 e. The third kappa shape index (κ3) is 5.13. The maximum atomic E-state index is 12.3. The number of para-hydroxylation sites is 1. The van der Waals surface area contributed by atoms with Crippen molar-refractivity contribution in [3.05, 3.63) is 59.0 Å². The minimum Gasteiger partial charge on any atom is -0.372 e. The first-order valence-corrected chi connectivity index (χ1v) is 10.4. The first-order chi connectivity index (χ1) is 14.0. The Morgan fingerprint density at radius 3 is 2.66 bits per heavy atom. The van der Waals surface area contributed by atoms with E-state index in [9.17, 15) is 4.79 Å². The predicted molar refractivity (Wildman–Crippen MR) is 117 cm³/mol. The molecular formula is C23H31N5O. The van der Waals surface area contributed by atoms with Crippen molar-refractivity contribution >= 4 is 17.2 Å². The molecule has 3 rings (SSSR count). The summed E-state index contributed by atoms with van der Waals surface area (Å²) in [4.78, 5) is 19.3. The zero-order valence-electron chi connectivity index (χ0n) is 17.9. The number of aromatic nitrogens is 3. The molecule has 2 aromatic heterocycles. The van der Waals surface area contributed by atoms with Crippen LogP contribution in [-0.4, -0.2) is 40.1 Å². The number of rotatable bonds is 9. The summed E-state index contributed by atoms with van der Waals surface area (Å²) < 4.78 is 1.87. The molecule has 1 amide bonds. The van der Waals surface area contributed by atoms with Gasteiger partial charge in [0.2, 0.25) is 5.91 Å². The third-order valence-electron chi connectivity index (χ3n) is 5.32. The fourth-order valence-electron chi connectivity index (χ4n) is 3.74. The number of anilines is 1. The van der Waals surface area contributed by atoms with E-state index in [-0.39, 0.29) is 5.91 Å². The molecule has 0 saturated carbocycles. The van der Waals surface area contributed by atoms with E-state index in [0.29, 0.717) is 19.4 Å². The van der Waals surface area contributed by atoms with E-state index < -0.39 is 0 Å². The van der Waals surface area contributed by atoms with E-state index in [1.165, 1.54) is 5.69 Å². The van der Waals surface area contributed by atoms with E-state index in [2.05, 4.69) is 51.5 Å². The van der Waals surface area contributed by atoms with Crippen LogP contribution in [-0.2, 0) is 11.2 Å². The van der Waals surface area contributed by atoms with Gasteiger partial charge in [-0.15, -0.1) is 0 Å². The summed E-state index contributed by atoms with van der Waals surface area (Å²) in [5.41, 5.74) is 6.19. The van der Waals surface area contributed by atoms with Crippen LogP contribution in [0.2, 0.25) is 0 Å². The van der Waals surface area contributed by atoms with Gasteiger partial charge in [0.25, 0.3) is 0 Å². The lowest BCUT2D eigenvalue weighted by Crippen LogP contribution is -2.30. The van der Waals surface area contributed by atoms with Gasteiger partial charge in [0.15, 0.2) is 5.65 Å². The fourth-order valence-corrected chi connectivity index (χ4v) is 3.74. The Kier molecular flexibility index (Phi) is 6.86. The molecule has 0 atom stereocenters. The number of aryl methyl sites for hydroxylation is 3. The summed E-state index contributed by atoms with van der Waals surface area (Å²) in [7, 11) is 0. The number of hydrogen-bond acceptors (Lipinski definition) is 4. The molecule has 6 nitrogen and oxygen atoms in total. The molecule has 0 unspecified atom stereocenters. The Labute approximate surface area is 172 Å². The molecular weight excluding hydrogens is 362 g/mol. The van der Waals surface area contributed by atoms with Gasteiger partial charge >= 0.3 is 0 Å². The van der Waals surface area contributed by atoms with Crippen molar-refractivity contribution in [2.45, 2.75) is 47.0 Å². The van der Waals surface area contributed by atoms with Crippen molar-refractivity contribution in [3.8, 4) is 0 Å². The zero-order valence-corrected chi connectivity index (χ0v) is 17.9. The zero-order chi connectivity index (χ0) is 20.8. The Morgan fingerprint density at radius 2 is 1.93 bits per heavy atom. The van der Waals surface area contributed by atoms with Crippen LogP contribution in [0, 0.1) is 20.8 Å². The van der Waals surface area contributed by atoms with Crippen molar-refractivity contribution in [3.63, 3.8) is 0 Å². The molecule has 2 heterocycles. The lowest BCUT2D eigenvalue weighted by Gasteiger charge is -2.23. The number of nitrogens with zero attached hydrogens (tertiary/aromatic N) is 4. The Hall–Kier alpha value is -2.89. The van der Waals surface area contributed by atoms with Gasteiger partial charge < -0.3 is 10.2 Å². The SMILES string of the molecule is CCN(CCCNC(=O)CCc1c(C)nc2cc(C)nn2c1C)c1ccccc1. The number of amides is 1. The molecule has 1 aromatic carbocycles. The van der Waals surface area contributed by atoms with Crippen LogP contribution in [0.3, 0.4) is 0 Å². The van der Waals surface area contributed by atoms with Gasteiger partial charge in [-0.05, 0) is 58.2 Å². The maximum Gasteiger partial charge on any atom is 0.220 e. The van der Waals surface area contributed by atoms with Gasteiger partial charge in [0.1, 0.15) is 0 Å². The topological polar surface area (TPSA) is 62.5 Å². The molecule has 0 fully saturated rings. The predicted octanol–water partition coefficient (Wildman–Crippen LogP) is 3.62. The van der Waals surface area contributed by atoms with Crippen LogP contribution in [0.1, 0.15) is 42.4 Å². The first-order valence-electron chi connectivity index (χ1n) is 10.4. The second-order valence-electron chi connectivity index (χ2n) is 7.44. The monoisotopic (exact) mass is 393 g/mol. The number of benzene rings is 1. The third-order valence-corrected chi connectivity index (χ3v) is 5.32. The van der Waals surface area contributed by atoms with Crippen LogP contribution in [0.5, 0.6) is 0 Å². The molecule has 0 bridgehead atoms. The average Bonchev–Trinajstić information content (AvgIpc) is 3.09. The fraction of sp³-hybridized carbons (Fsp3) is 0.435. The van der Waals surface area contributed by atoms with Crippen LogP contribution < -0.4 is 10.2 Å². The maximum absolute atomic E-state index is 12.3. The second kappa shape index (κ2) is 9.54. The average molecular weight is 394 g/mol. The van der Waals surface area contributed by atoms with Crippen LogP contribution in [0.4, 0.5) is 5.69 Å². The van der Waals surface area contributed by atoms with Crippen molar-refractivity contribution in [2.75, 3.05) is 24.5 Å². The minimum atomic E-state index is 0.0864. The van der Waals surface area contributed by atoms with E-state index in [4.69, 9.17) is 0 Å². The van der Waals surface area contributed by atoms with E-state index in [1.807, 2.05) is 37.4 Å². The van der Waals surface area contributed by atoms with Crippen molar-refractivity contribution in [2.24, 2.45) is 0 Å². The number of nitrogens with one attached hydrogen (secondary N) is 1. The van der Waals surface area contributed by atoms with Gasteiger partial charge in [0, 0.05) is 49.2 Å². The van der Waals surface area contributed by atoms with Gasteiger partial charge in [-0.25, -0.2) is 9.50 Å². The highest BCUT2D eigenvalue weighted by Gasteiger charge is 2.13. The van der Waals surface area contributed by atoms with Crippen LogP contribution in [0.15, 0.2) is 36.4 Å². The van der Waals surface area contributed by atoms with Crippen molar-refractivity contribution < 1.29 is 4.79 Å². The Morgan fingerprint density at radius 1 is 1.17 bits per heavy atom. The van der Waals surface area contributed by atoms with Crippen molar-refractivity contribution in [1.82, 2.24) is 19.9 Å². The molecule has 0 spiro atoms. The molecule has 6 heteroatoms. The highest BCUT2D eigenvalue weighted by atomic mass is 16.1. The summed E-state index contributed by atoms with van der Waals surface area (Å²) in [6, 6.07) is 12.4. The summed E-state index contributed by atoms with van der Waals surface area (Å²) in [5.74, 6) is 0.0864. The molecule has 0 aliphatic rings. The van der Waals surface area contributed by atoms with E-state index in [0.717, 1.165) is 47.8 Å². The molecule has 0 radical (unpaired) electrons. The summed E-state index contributed by atoms with van der Waals surface area (Å²) in [5, 5.41) is 7.56. The summed E-state index contributed by atoms with van der Waals surface area (Å²) in [6.45, 7) is 10.7. The van der Waals surface area contributed by atoms with Crippen LogP contribution in [0.25, 0.3) is 5.65 Å². The summed E-state index contributed by atoms with van der Waals surface area (Å²) >= 11 is 0. The first kappa shape index (κ1) is 20.8. The Balaban J connectivity index is 1.47. The minimum absolute atomic E-state index is 0.0864.